The number of carbonyl (C=O) groups is 1. The van der Waals surface area contributed by atoms with Crippen LogP contribution in [0.1, 0.15) is 21.5 Å². The molecule has 0 aliphatic heterocycles. The highest BCUT2D eigenvalue weighted by molar-refractivity contribution is 7.78. The van der Waals surface area contributed by atoms with Crippen LogP contribution >= 0.6 is 0 Å². The number of aromatic nitrogens is 1. The van der Waals surface area contributed by atoms with Crippen LogP contribution in [0, 0.1) is 6.92 Å². The average Bonchev–Trinajstić information content (AvgIpc) is 2.92. The van der Waals surface area contributed by atoms with Gasteiger partial charge in [-0.1, -0.05) is 0 Å². The van der Waals surface area contributed by atoms with Gasteiger partial charge in [-0.15, -0.1) is 0 Å². The van der Waals surface area contributed by atoms with Crippen LogP contribution in [0.25, 0.3) is 5.69 Å². The van der Waals surface area contributed by atoms with Gasteiger partial charge < -0.3 is 20.6 Å². The Labute approximate surface area is 129 Å². The van der Waals surface area contributed by atoms with Crippen molar-refractivity contribution in [1.29, 1.82) is 0 Å². The molecule has 5 N–H and O–H groups in total. The van der Waals surface area contributed by atoms with E-state index >= 15 is 0 Å². The molecule has 22 heavy (non-hydrogen) atoms. The third-order valence-electron chi connectivity index (χ3n) is 3.05. The first kappa shape index (κ1) is 15.9. The molecule has 0 aliphatic rings. The van der Waals surface area contributed by atoms with E-state index in [1.807, 2.05) is 29.1 Å². The lowest BCUT2D eigenvalue weighted by molar-refractivity contribution is 0.100. The van der Waals surface area contributed by atoms with Crippen molar-refractivity contribution in [2.24, 2.45) is 16.5 Å². The molecule has 1 heterocycles. The van der Waals surface area contributed by atoms with Crippen molar-refractivity contribution in [1.82, 2.24) is 4.57 Å². The molecule has 2 aromatic rings. The molecule has 0 spiro atoms. The molecule has 2 rings (SSSR count). The molecule has 7 nitrogen and oxygen atoms in total. The Morgan fingerprint density at radius 2 is 1.95 bits per heavy atom. The van der Waals surface area contributed by atoms with Crippen LogP contribution in [0.4, 0.5) is 0 Å². The highest BCUT2D eigenvalue weighted by Gasteiger charge is 2.15. The fraction of sp³-hybridized carbons (Fsp3) is 0.143. The van der Waals surface area contributed by atoms with Gasteiger partial charge in [0.15, 0.2) is 17.0 Å². The van der Waals surface area contributed by atoms with Crippen molar-refractivity contribution >= 4 is 22.9 Å². The van der Waals surface area contributed by atoms with Crippen molar-refractivity contribution in [2.45, 2.75) is 12.7 Å². The summed E-state index contributed by atoms with van der Waals surface area (Å²) in [5.74, 6) is -1.01. The number of amides is 1. The minimum atomic E-state index is -2.04. The molecule has 0 saturated carbocycles. The van der Waals surface area contributed by atoms with Gasteiger partial charge in [0.05, 0.1) is 5.75 Å². The molecule has 8 heteroatoms. The third-order valence-corrected chi connectivity index (χ3v) is 3.61. The fourth-order valence-corrected chi connectivity index (χ4v) is 2.63. The summed E-state index contributed by atoms with van der Waals surface area (Å²) in [5, 5.41) is 0. The number of rotatable bonds is 4. The van der Waals surface area contributed by atoms with E-state index in [1.165, 1.54) is 0 Å². The van der Waals surface area contributed by atoms with Crippen LogP contribution in [-0.4, -0.2) is 25.2 Å². The Hall–Kier alpha value is -2.45. The molecular formula is C14H16N4O3S. The zero-order valence-electron chi connectivity index (χ0n) is 11.9. The fourth-order valence-electron chi connectivity index (χ4n) is 2.13. The second kappa shape index (κ2) is 6.54. The van der Waals surface area contributed by atoms with Crippen LogP contribution in [0.5, 0.6) is 0 Å². The second-order valence-corrected chi connectivity index (χ2v) is 5.63. The van der Waals surface area contributed by atoms with E-state index in [4.69, 9.17) is 11.5 Å². The van der Waals surface area contributed by atoms with Gasteiger partial charge in [0.25, 0.3) is 5.91 Å². The van der Waals surface area contributed by atoms with Crippen molar-refractivity contribution in [2.75, 3.05) is 0 Å². The summed E-state index contributed by atoms with van der Waals surface area (Å²) < 4.78 is 22.2. The summed E-state index contributed by atoms with van der Waals surface area (Å²) in [5.41, 5.74) is 12.7. The molecule has 1 amide bonds. The maximum atomic E-state index is 12.0. The maximum absolute atomic E-state index is 12.0. The Morgan fingerprint density at radius 3 is 2.50 bits per heavy atom. The molecule has 1 unspecified atom stereocenters. The molecule has 1 aromatic heterocycles. The Balaban J connectivity index is 2.58. The number of carbonyl (C=O) groups excluding carboxylic acids is 1. The number of benzene rings is 1. The van der Waals surface area contributed by atoms with Crippen LogP contribution in [0.3, 0.4) is 0 Å². The molecule has 0 radical (unpaired) electrons. The predicted octanol–water partition coefficient (Wildman–Crippen LogP) is 0.921. The van der Waals surface area contributed by atoms with E-state index in [9.17, 15) is 13.6 Å². The number of hydrogen-bond donors (Lipinski definition) is 3. The Bertz CT molecular complexity index is 750. The van der Waals surface area contributed by atoms with Gasteiger partial charge in [-0.25, -0.2) is 4.21 Å². The van der Waals surface area contributed by atoms with Gasteiger partial charge in [-0.3, -0.25) is 4.79 Å². The molecular weight excluding hydrogens is 304 g/mol. The Kier molecular flexibility index (Phi) is 4.74. The van der Waals surface area contributed by atoms with Crippen LogP contribution < -0.4 is 11.5 Å². The van der Waals surface area contributed by atoms with Crippen molar-refractivity contribution in [3.05, 3.63) is 53.3 Å². The van der Waals surface area contributed by atoms with E-state index in [0.717, 1.165) is 5.69 Å². The molecule has 0 aliphatic carbocycles. The number of nitrogens with two attached hydrogens (primary N) is 2. The van der Waals surface area contributed by atoms with E-state index < -0.39 is 17.0 Å². The first-order chi connectivity index (χ1) is 10.4. The summed E-state index contributed by atoms with van der Waals surface area (Å²) in [6, 6.07) is 6.99. The van der Waals surface area contributed by atoms with Crippen molar-refractivity contribution < 1.29 is 13.6 Å². The lowest BCUT2D eigenvalue weighted by Gasteiger charge is -2.13. The number of hydrogen-bond acceptors (Lipinski definition) is 2. The first-order valence-electron chi connectivity index (χ1n) is 6.36. The van der Waals surface area contributed by atoms with E-state index in [-0.39, 0.29) is 11.7 Å². The number of aryl methyl sites for hydroxylation is 1. The monoisotopic (exact) mass is 320 g/mol. The molecule has 0 bridgehead atoms. The largest absolute Gasteiger partial charge is 0.370 e. The van der Waals surface area contributed by atoms with Gasteiger partial charge in [0, 0.05) is 23.6 Å². The topological polar surface area (TPSA) is 124 Å². The average molecular weight is 320 g/mol. The minimum absolute atomic E-state index is 0.101. The molecule has 116 valence electrons. The SMILES string of the molecule is Cc1cc(-n2cccc2)c(CS(=O)O)cc1C(=O)N=C(N)N. The zero-order valence-corrected chi connectivity index (χ0v) is 12.7. The normalized spacial score (nSPS) is 11.9. The molecule has 1 aromatic carbocycles. The van der Waals surface area contributed by atoms with E-state index in [1.54, 1.807) is 19.1 Å². The lowest BCUT2D eigenvalue weighted by atomic mass is 10.0. The predicted molar refractivity (Wildman–Crippen MR) is 85.1 cm³/mol. The summed E-state index contributed by atoms with van der Waals surface area (Å²) in [6.45, 7) is 1.75. The zero-order chi connectivity index (χ0) is 16.3. The van der Waals surface area contributed by atoms with Crippen molar-refractivity contribution in [3.63, 3.8) is 0 Å². The highest BCUT2D eigenvalue weighted by atomic mass is 32.2. The quantitative estimate of drug-likeness (QED) is 0.439. The lowest BCUT2D eigenvalue weighted by Crippen LogP contribution is -2.24. The highest BCUT2D eigenvalue weighted by Crippen LogP contribution is 2.22. The first-order valence-corrected chi connectivity index (χ1v) is 7.64. The minimum Gasteiger partial charge on any atom is -0.370 e. The standard InChI is InChI=1S/C14H16N4O3S/c1-9-6-12(18-4-2-3-5-18)10(8-22(20)21)7-11(9)13(19)17-14(15)16/h2-7H,8H2,1H3,(H,20,21)(H4,15,16,17,19). The van der Waals surface area contributed by atoms with Gasteiger partial charge in [0.1, 0.15) is 0 Å². The molecule has 0 fully saturated rings. The smallest absolute Gasteiger partial charge is 0.280 e. The van der Waals surface area contributed by atoms with Gasteiger partial charge in [-0.2, -0.15) is 4.99 Å². The van der Waals surface area contributed by atoms with E-state index in [0.29, 0.717) is 16.7 Å². The summed E-state index contributed by atoms with van der Waals surface area (Å²) in [7, 11) is 0. The Morgan fingerprint density at radius 1 is 1.32 bits per heavy atom. The number of guanidine groups is 1. The van der Waals surface area contributed by atoms with Gasteiger partial charge in [0.2, 0.25) is 0 Å². The summed E-state index contributed by atoms with van der Waals surface area (Å²) in [4.78, 5) is 15.5. The number of nitrogens with zero attached hydrogens (tertiary/aromatic N) is 2. The summed E-state index contributed by atoms with van der Waals surface area (Å²) in [6.07, 6.45) is 3.63. The van der Waals surface area contributed by atoms with E-state index in [2.05, 4.69) is 4.99 Å². The molecule has 0 saturated heterocycles. The maximum Gasteiger partial charge on any atom is 0.280 e. The van der Waals surface area contributed by atoms with Crippen LogP contribution in [0.2, 0.25) is 0 Å². The molecule has 1 atom stereocenters. The van der Waals surface area contributed by atoms with Crippen molar-refractivity contribution in [3.8, 4) is 5.69 Å². The third kappa shape index (κ3) is 3.60. The number of aliphatic imine (C=N–C) groups is 1. The van der Waals surface area contributed by atoms with Gasteiger partial charge >= 0.3 is 0 Å². The second-order valence-electron chi connectivity index (χ2n) is 4.69. The summed E-state index contributed by atoms with van der Waals surface area (Å²) >= 11 is -2.04. The van der Waals surface area contributed by atoms with Gasteiger partial charge in [-0.05, 0) is 42.3 Å². The van der Waals surface area contributed by atoms with Crippen LogP contribution in [0.15, 0.2) is 41.7 Å². The van der Waals surface area contributed by atoms with Crippen LogP contribution in [-0.2, 0) is 16.8 Å².